The van der Waals surface area contributed by atoms with Gasteiger partial charge in [0.25, 0.3) is 11.5 Å². The second-order valence-corrected chi connectivity index (χ2v) is 5.12. The molecule has 1 aromatic rings. The van der Waals surface area contributed by atoms with Crippen LogP contribution in [0.25, 0.3) is 0 Å². The lowest BCUT2D eigenvalue weighted by atomic mass is 10.0. The fourth-order valence-corrected chi connectivity index (χ4v) is 1.70. The molecular formula is C13H19N3O4. The number of amides is 1. The van der Waals surface area contributed by atoms with Crippen LogP contribution in [0, 0.1) is 19.8 Å². The van der Waals surface area contributed by atoms with Gasteiger partial charge in [0.2, 0.25) is 0 Å². The monoisotopic (exact) mass is 281 g/mol. The van der Waals surface area contributed by atoms with Crippen molar-refractivity contribution in [2.45, 2.75) is 40.2 Å². The second kappa shape index (κ2) is 6.31. The summed E-state index contributed by atoms with van der Waals surface area (Å²) in [7, 11) is 0. The number of hydrogen-bond acceptors (Lipinski definition) is 4. The number of carbonyl (C=O) groups is 2. The highest BCUT2D eigenvalue weighted by atomic mass is 16.4. The van der Waals surface area contributed by atoms with Gasteiger partial charge in [-0.1, -0.05) is 13.8 Å². The molecule has 0 aliphatic rings. The third kappa shape index (κ3) is 3.91. The van der Waals surface area contributed by atoms with E-state index in [2.05, 4.69) is 15.3 Å². The Morgan fingerprint density at radius 3 is 2.45 bits per heavy atom. The Morgan fingerprint density at radius 1 is 1.35 bits per heavy atom. The van der Waals surface area contributed by atoms with Gasteiger partial charge in [0, 0.05) is 5.69 Å². The molecule has 0 spiro atoms. The highest BCUT2D eigenvalue weighted by Gasteiger charge is 2.24. The van der Waals surface area contributed by atoms with E-state index in [9.17, 15) is 14.4 Å². The van der Waals surface area contributed by atoms with Crippen molar-refractivity contribution in [1.29, 1.82) is 0 Å². The van der Waals surface area contributed by atoms with Crippen LogP contribution in [-0.2, 0) is 4.79 Å². The van der Waals surface area contributed by atoms with Crippen LogP contribution in [0.2, 0.25) is 0 Å². The van der Waals surface area contributed by atoms with Crippen molar-refractivity contribution in [3.05, 3.63) is 27.4 Å². The van der Waals surface area contributed by atoms with Crippen LogP contribution in [0.1, 0.15) is 42.1 Å². The van der Waals surface area contributed by atoms with Gasteiger partial charge in [0.05, 0.1) is 5.69 Å². The molecule has 1 atom stereocenters. The maximum Gasteiger partial charge on any atom is 0.326 e. The van der Waals surface area contributed by atoms with E-state index in [0.717, 1.165) is 0 Å². The van der Waals surface area contributed by atoms with E-state index in [-0.39, 0.29) is 18.0 Å². The van der Waals surface area contributed by atoms with Gasteiger partial charge in [-0.3, -0.25) is 9.59 Å². The van der Waals surface area contributed by atoms with Crippen LogP contribution >= 0.6 is 0 Å². The summed E-state index contributed by atoms with van der Waals surface area (Å²) in [5, 5.41) is 11.4. The summed E-state index contributed by atoms with van der Waals surface area (Å²) in [6, 6.07) is -1.04. The van der Waals surface area contributed by atoms with Crippen molar-refractivity contribution in [2.75, 3.05) is 0 Å². The highest BCUT2D eigenvalue weighted by Crippen LogP contribution is 2.06. The molecule has 7 heteroatoms. The molecule has 1 aromatic heterocycles. The summed E-state index contributed by atoms with van der Waals surface area (Å²) >= 11 is 0. The quantitative estimate of drug-likeness (QED) is 0.732. The number of aliphatic carboxylic acids is 1. The van der Waals surface area contributed by atoms with Crippen molar-refractivity contribution >= 4 is 11.9 Å². The maximum absolute atomic E-state index is 12.0. The Bertz CT molecular complexity index is 577. The Balaban J connectivity index is 2.98. The van der Waals surface area contributed by atoms with Gasteiger partial charge in [0.15, 0.2) is 5.69 Å². The average Bonchev–Trinajstić information content (AvgIpc) is 2.32. The van der Waals surface area contributed by atoms with Crippen molar-refractivity contribution in [2.24, 2.45) is 5.92 Å². The Morgan fingerprint density at radius 2 is 1.95 bits per heavy atom. The van der Waals surface area contributed by atoms with Gasteiger partial charge >= 0.3 is 5.97 Å². The number of nitrogens with zero attached hydrogens (tertiary/aromatic N) is 1. The predicted molar refractivity (Wildman–Crippen MR) is 72.7 cm³/mol. The first-order chi connectivity index (χ1) is 9.22. The molecule has 20 heavy (non-hydrogen) atoms. The molecule has 7 nitrogen and oxygen atoms in total. The van der Waals surface area contributed by atoms with E-state index in [1.807, 2.05) is 13.8 Å². The lowest BCUT2D eigenvalue weighted by Crippen LogP contribution is -2.43. The molecular weight excluding hydrogens is 262 g/mol. The summed E-state index contributed by atoms with van der Waals surface area (Å²) in [5.74, 6) is -1.81. The molecule has 110 valence electrons. The zero-order valence-electron chi connectivity index (χ0n) is 12.0. The molecule has 0 fully saturated rings. The molecule has 0 aromatic carbocycles. The minimum Gasteiger partial charge on any atom is -0.480 e. The topological polar surface area (TPSA) is 112 Å². The molecule has 1 rings (SSSR count). The summed E-state index contributed by atoms with van der Waals surface area (Å²) in [5.41, 5.74) is 0.149. The van der Waals surface area contributed by atoms with Gasteiger partial charge < -0.3 is 15.4 Å². The number of carboxylic acids is 1. The van der Waals surface area contributed by atoms with Crippen LogP contribution in [0.4, 0.5) is 0 Å². The fourth-order valence-electron chi connectivity index (χ4n) is 1.70. The number of aryl methyl sites for hydroxylation is 2. The van der Waals surface area contributed by atoms with Crippen LogP contribution in [0.3, 0.4) is 0 Å². The van der Waals surface area contributed by atoms with Crippen molar-refractivity contribution < 1.29 is 14.7 Å². The van der Waals surface area contributed by atoms with Crippen molar-refractivity contribution in [3.8, 4) is 0 Å². The first-order valence-corrected chi connectivity index (χ1v) is 6.33. The maximum atomic E-state index is 12.0. The van der Waals surface area contributed by atoms with Gasteiger partial charge in [-0.15, -0.1) is 0 Å². The number of rotatable bonds is 5. The van der Waals surface area contributed by atoms with Gasteiger partial charge in [0.1, 0.15) is 6.04 Å². The Labute approximate surface area is 116 Å². The lowest BCUT2D eigenvalue weighted by molar-refractivity contribution is -0.139. The zero-order valence-corrected chi connectivity index (χ0v) is 12.0. The smallest absolute Gasteiger partial charge is 0.326 e. The summed E-state index contributed by atoms with van der Waals surface area (Å²) in [6.45, 7) is 7.03. The Kier molecular flexibility index (Phi) is 5.01. The van der Waals surface area contributed by atoms with E-state index in [1.165, 1.54) is 0 Å². The van der Waals surface area contributed by atoms with Gasteiger partial charge in [-0.2, -0.15) is 0 Å². The number of carbonyl (C=O) groups excluding carboxylic acids is 1. The SMILES string of the molecule is Cc1nc(C(=O)N[C@H](CC(C)C)C(=O)O)c(=O)[nH]c1C. The molecule has 1 heterocycles. The van der Waals surface area contributed by atoms with Crippen LogP contribution in [-0.4, -0.2) is 33.0 Å². The first-order valence-electron chi connectivity index (χ1n) is 6.33. The zero-order chi connectivity index (χ0) is 15.4. The summed E-state index contributed by atoms with van der Waals surface area (Å²) in [4.78, 5) is 41.2. The number of nitrogens with one attached hydrogen (secondary N) is 2. The largest absolute Gasteiger partial charge is 0.480 e. The van der Waals surface area contributed by atoms with E-state index in [4.69, 9.17) is 5.11 Å². The lowest BCUT2D eigenvalue weighted by Gasteiger charge is -2.16. The minimum atomic E-state index is -1.13. The number of hydrogen-bond donors (Lipinski definition) is 3. The minimum absolute atomic E-state index is 0.0994. The molecule has 3 N–H and O–H groups in total. The Hall–Kier alpha value is -2.18. The average molecular weight is 281 g/mol. The fraction of sp³-hybridized carbons (Fsp3) is 0.538. The van der Waals surface area contributed by atoms with E-state index in [1.54, 1.807) is 13.8 Å². The molecule has 0 unspecified atom stereocenters. The molecule has 0 bridgehead atoms. The number of aromatic nitrogens is 2. The molecule has 1 amide bonds. The predicted octanol–water partition coefficient (Wildman–Crippen LogP) is 0.616. The van der Waals surface area contributed by atoms with Gasteiger partial charge in [-0.05, 0) is 26.2 Å². The number of aromatic amines is 1. The highest BCUT2D eigenvalue weighted by molar-refractivity contribution is 5.94. The van der Waals surface area contributed by atoms with Crippen molar-refractivity contribution in [1.82, 2.24) is 15.3 Å². The second-order valence-electron chi connectivity index (χ2n) is 5.12. The van der Waals surface area contributed by atoms with E-state index < -0.39 is 23.5 Å². The van der Waals surface area contributed by atoms with E-state index >= 15 is 0 Å². The van der Waals surface area contributed by atoms with Gasteiger partial charge in [-0.25, -0.2) is 9.78 Å². The molecule has 0 saturated carbocycles. The third-order valence-corrected chi connectivity index (χ3v) is 2.86. The molecule has 0 aliphatic carbocycles. The van der Waals surface area contributed by atoms with E-state index in [0.29, 0.717) is 11.4 Å². The van der Waals surface area contributed by atoms with Crippen LogP contribution in [0.5, 0.6) is 0 Å². The molecule has 0 saturated heterocycles. The molecule has 0 radical (unpaired) electrons. The first kappa shape index (κ1) is 15.9. The van der Waals surface area contributed by atoms with Crippen molar-refractivity contribution in [3.63, 3.8) is 0 Å². The third-order valence-electron chi connectivity index (χ3n) is 2.86. The number of carboxylic acid groups (broad SMARTS) is 1. The molecule has 0 aliphatic heterocycles. The normalized spacial score (nSPS) is 12.2. The summed E-state index contributed by atoms with van der Waals surface area (Å²) < 4.78 is 0. The van der Waals surface area contributed by atoms with Crippen LogP contribution < -0.4 is 10.9 Å². The van der Waals surface area contributed by atoms with Crippen LogP contribution in [0.15, 0.2) is 4.79 Å². The number of H-pyrrole nitrogens is 1. The standard InChI is InChI=1S/C13H19N3O4/c1-6(2)5-9(13(19)20)16-12(18)10-11(17)15-8(4)7(3)14-10/h6,9H,5H2,1-4H3,(H,15,17)(H,16,18)(H,19,20)/t9-/m1/s1. The summed E-state index contributed by atoms with van der Waals surface area (Å²) in [6.07, 6.45) is 0.282.